The number of aromatic amines is 1. The van der Waals surface area contributed by atoms with E-state index in [1.807, 2.05) is 30.3 Å². The molecular formula is C12H12Br2N2O. The Morgan fingerprint density at radius 1 is 1.24 bits per heavy atom. The number of nitrogens with zero attached hydrogens (tertiary/aromatic N) is 1. The Bertz CT molecular complexity index is 545. The number of nitrogens with one attached hydrogen (secondary N) is 1. The molecule has 0 spiro atoms. The second-order valence-corrected chi connectivity index (χ2v) is 5.26. The Morgan fingerprint density at radius 2 is 1.94 bits per heavy atom. The number of aromatic nitrogens is 2. The lowest BCUT2D eigenvalue weighted by atomic mass is 10.3. The number of halogens is 2. The van der Waals surface area contributed by atoms with Crippen LogP contribution in [0, 0.1) is 0 Å². The summed E-state index contributed by atoms with van der Waals surface area (Å²) in [6.07, 6.45) is 1.84. The van der Waals surface area contributed by atoms with Gasteiger partial charge in [-0.3, -0.25) is 9.89 Å². The summed E-state index contributed by atoms with van der Waals surface area (Å²) in [5, 5.41) is 4.07. The highest BCUT2D eigenvalue weighted by Crippen LogP contribution is 2.14. The van der Waals surface area contributed by atoms with E-state index in [4.69, 9.17) is 0 Å². The number of hydrogen-bond acceptors (Lipinski definition) is 1. The van der Waals surface area contributed by atoms with Crippen LogP contribution in [0.25, 0.3) is 5.69 Å². The fraction of sp³-hybridized carbons (Fsp3) is 0.250. The average molecular weight is 360 g/mol. The third-order valence-corrected chi connectivity index (χ3v) is 3.86. The highest BCUT2D eigenvalue weighted by atomic mass is 79.9. The van der Waals surface area contributed by atoms with Crippen LogP contribution in [0.4, 0.5) is 0 Å². The van der Waals surface area contributed by atoms with Gasteiger partial charge in [0, 0.05) is 5.33 Å². The highest BCUT2D eigenvalue weighted by molar-refractivity contribution is 9.10. The van der Waals surface area contributed by atoms with Gasteiger partial charge in [-0.25, -0.2) is 4.68 Å². The third kappa shape index (κ3) is 2.72. The van der Waals surface area contributed by atoms with E-state index in [9.17, 15) is 4.79 Å². The van der Waals surface area contributed by atoms with Crippen LogP contribution in [0.1, 0.15) is 12.1 Å². The molecule has 0 aliphatic heterocycles. The van der Waals surface area contributed by atoms with Crippen LogP contribution in [0.5, 0.6) is 0 Å². The molecular weight excluding hydrogens is 348 g/mol. The van der Waals surface area contributed by atoms with Crippen molar-refractivity contribution in [3.63, 3.8) is 0 Å². The number of para-hydroxylation sites is 1. The molecule has 0 atom stereocenters. The zero-order chi connectivity index (χ0) is 12.3. The van der Waals surface area contributed by atoms with Crippen molar-refractivity contribution in [3.05, 3.63) is 50.9 Å². The first-order valence-electron chi connectivity index (χ1n) is 5.35. The monoisotopic (exact) mass is 358 g/mol. The molecule has 1 N–H and O–H groups in total. The van der Waals surface area contributed by atoms with Crippen LogP contribution in [0.15, 0.2) is 39.6 Å². The number of aryl methyl sites for hydroxylation is 1. The minimum absolute atomic E-state index is 0.0410. The Morgan fingerprint density at radius 3 is 2.59 bits per heavy atom. The number of alkyl halides is 1. The topological polar surface area (TPSA) is 37.8 Å². The zero-order valence-corrected chi connectivity index (χ0v) is 12.3. The molecule has 0 aliphatic carbocycles. The molecule has 0 radical (unpaired) electrons. The molecule has 2 rings (SSSR count). The Labute approximate surface area is 116 Å². The van der Waals surface area contributed by atoms with Crippen molar-refractivity contribution in [2.45, 2.75) is 12.8 Å². The second kappa shape index (κ2) is 5.69. The summed E-state index contributed by atoms with van der Waals surface area (Å²) in [6.45, 7) is 0. The van der Waals surface area contributed by atoms with E-state index in [0.29, 0.717) is 4.47 Å². The number of benzene rings is 1. The summed E-state index contributed by atoms with van der Waals surface area (Å²) in [7, 11) is 0. The lowest BCUT2D eigenvalue weighted by Crippen LogP contribution is -2.14. The SMILES string of the molecule is O=c1c(Br)c(CCCBr)[nH]n1-c1ccccc1. The minimum Gasteiger partial charge on any atom is -0.294 e. The summed E-state index contributed by atoms with van der Waals surface area (Å²) < 4.78 is 2.19. The summed E-state index contributed by atoms with van der Waals surface area (Å²) in [4.78, 5) is 12.0. The molecule has 0 bridgehead atoms. The first-order chi connectivity index (χ1) is 8.24. The van der Waals surface area contributed by atoms with Gasteiger partial charge in [-0.1, -0.05) is 34.1 Å². The summed E-state index contributed by atoms with van der Waals surface area (Å²) in [6, 6.07) is 9.55. The third-order valence-electron chi connectivity index (χ3n) is 2.48. The molecule has 2 aromatic rings. The van der Waals surface area contributed by atoms with Gasteiger partial charge in [-0.05, 0) is 40.9 Å². The van der Waals surface area contributed by atoms with Gasteiger partial charge in [0.05, 0.1) is 11.4 Å². The predicted octanol–water partition coefficient (Wildman–Crippen LogP) is 3.26. The fourth-order valence-electron chi connectivity index (χ4n) is 1.63. The van der Waals surface area contributed by atoms with E-state index in [0.717, 1.165) is 29.6 Å². The van der Waals surface area contributed by atoms with Crippen molar-refractivity contribution < 1.29 is 0 Å². The summed E-state index contributed by atoms with van der Waals surface area (Å²) >= 11 is 6.74. The first-order valence-corrected chi connectivity index (χ1v) is 7.26. The smallest absolute Gasteiger partial charge is 0.285 e. The van der Waals surface area contributed by atoms with Gasteiger partial charge in [0.15, 0.2) is 0 Å². The molecule has 0 amide bonds. The van der Waals surface area contributed by atoms with Crippen LogP contribution in [0.2, 0.25) is 0 Å². The molecule has 0 unspecified atom stereocenters. The van der Waals surface area contributed by atoms with E-state index in [-0.39, 0.29) is 5.56 Å². The van der Waals surface area contributed by atoms with Crippen molar-refractivity contribution in [2.75, 3.05) is 5.33 Å². The predicted molar refractivity (Wildman–Crippen MR) is 76.2 cm³/mol. The van der Waals surface area contributed by atoms with E-state index in [1.165, 1.54) is 0 Å². The Hall–Kier alpha value is -0.810. The zero-order valence-electron chi connectivity index (χ0n) is 9.12. The Balaban J connectivity index is 2.40. The molecule has 1 heterocycles. The molecule has 3 nitrogen and oxygen atoms in total. The molecule has 1 aromatic heterocycles. The molecule has 1 aromatic carbocycles. The number of hydrogen-bond donors (Lipinski definition) is 1. The van der Waals surface area contributed by atoms with Crippen molar-refractivity contribution in [1.82, 2.24) is 9.78 Å². The normalized spacial score (nSPS) is 10.7. The quantitative estimate of drug-likeness (QED) is 0.836. The molecule has 0 fully saturated rings. The fourth-order valence-corrected chi connectivity index (χ4v) is 2.37. The average Bonchev–Trinajstić information content (AvgIpc) is 2.65. The van der Waals surface area contributed by atoms with Crippen molar-refractivity contribution in [1.29, 1.82) is 0 Å². The molecule has 0 saturated heterocycles. The summed E-state index contributed by atoms with van der Waals surface area (Å²) in [5.41, 5.74) is 1.75. The second-order valence-electron chi connectivity index (χ2n) is 3.67. The van der Waals surface area contributed by atoms with Crippen LogP contribution in [0.3, 0.4) is 0 Å². The van der Waals surface area contributed by atoms with E-state index in [2.05, 4.69) is 37.0 Å². The molecule has 17 heavy (non-hydrogen) atoms. The lowest BCUT2D eigenvalue weighted by molar-refractivity contribution is 0.797. The van der Waals surface area contributed by atoms with Gasteiger partial charge < -0.3 is 0 Å². The van der Waals surface area contributed by atoms with Gasteiger partial charge >= 0.3 is 0 Å². The van der Waals surface area contributed by atoms with Gasteiger partial charge in [-0.15, -0.1) is 0 Å². The van der Waals surface area contributed by atoms with E-state index >= 15 is 0 Å². The van der Waals surface area contributed by atoms with Gasteiger partial charge in [0.25, 0.3) is 5.56 Å². The van der Waals surface area contributed by atoms with Gasteiger partial charge in [0.1, 0.15) is 4.47 Å². The molecule has 5 heteroatoms. The first kappa shape index (κ1) is 12.6. The largest absolute Gasteiger partial charge is 0.294 e. The number of rotatable bonds is 4. The number of H-pyrrole nitrogens is 1. The maximum Gasteiger partial charge on any atom is 0.285 e. The van der Waals surface area contributed by atoms with E-state index in [1.54, 1.807) is 4.68 Å². The molecule has 0 saturated carbocycles. The maximum atomic E-state index is 12.0. The van der Waals surface area contributed by atoms with E-state index < -0.39 is 0 Å². The standard InChI is InChI=1S/C12H12Br2N2O/c13-8-4-7-10-11(14)12(17)16(15-10)9-5-2-1-3-6-9/h1-3,5-6,15H,4,7-8H2. The van der Waals surface area contributed by atoms with Crippen molar-refractivity contribution in [2.24, 2.45) is 0 Å². The lowest BCUT2D eigenvalue weighted by Gasteiger charge is -2.00. The van der Waals surface area contributed by atoms with Gasteiger partial charge in [-0.2, -0.15) is 0 Å². The molecule has 0 aliphatic rings. The highest BCUT2D eigenvalue weighted by Gasteiger charge is 2.11. The minimum atomic E-state index is -0.0410. The van der Waals surface area contributed by atoms with Crippen molar-refractivity contribution in [3.8, 4) is 5.69 Å². The van der Waals surface area contributed by atoms with Crippen LogP contribution in [-0.2, 0) is 6.42 Å². The maximum absolute atomic E-state index is 12.0. The van der Waals surface area contributed by atoms with Crippen LogP contribution < -0.4 is 5.56 Å². The summed E-state index contributed by atoms with van der Waals surface area (Å²) in [5.74, 6) is 0. The molecule has 90 valence electrons. The Kier molecular flexibility index (Phi) is 4.23. The van der Waals surface area contributed by atoms with Crippen LogP contribution >= 0.6 is 31.9 Å². The van der Waals surface area contributed by atoms with Crippen LogP contribution in [-0.4, -0.2) is 15.1 Å². The van der Waals surface area contributed by atoms with Gasteiger partial charge in [0.2, 0.25) is 0 Å². The van der Waals surface area contributed by atoms with Crippen molar-refractivity contribution >= 4 is 31.9 Å².